The van der Waals surface area contributed by atoms with Crippen molar-refractivity contribution < 1.29 is 8.78 Å². The molecule has 1 rings (SSSR count). The molecular weight excluding hydrogens is 186 g/mol. The van der Waals surface area contributed by atoms with E-state index in [0.29, 0.717) is 5.56 Å². The molecule has 0 aliphatic rings. The van der Waals surface area contributed by atoms with E-state index in [4.69, 9.17) is 5.73 Å². The van der Waals surface area contributed by atoms with Gasteiger partial charge in [0.1, 0.15) is 5.82 Å². The first-order valence-corrected chi connectivity index (χ1v) is 4.52. The van der Waals surface area contributed by atoms with Crippen LogP contribution in [-0.2, 0) is 0 Å². The molecule has 0 radical (unpaired) electrons. The Labute approximate surface area is 82.1 Å². The topological polar surface area (TPSA) is 38.9 Å². The molecule has 0 amide bonds. The Morgan fingerprint density at radius 1 is 1.36 bits per heavy atom. The molecule has 2 N–H and O–H groups in total. The van der Waals surface area contributed by atoms with Crippen molar-refractivity contribution in [2.45, 2.75) is 26.2 Å². The summed E-state index contributed by atoms with van der Waals surface area (Å²) in [7, 11) is 0. The van der Waals surface area contributed by atoms with Crippen LogP contribution in [0.4, 0.5) is 14.6 Å². The van der Waals surface area contributed by atoms with Crippen molar-refractivity contribution in [2.75, 3.05) is 5.73 Å². The number of nitrogens with zero attached hydrogens (tertiary/aromatic N) is 1. The minimum absolute atomic E-state index is 0.151. The summed E-state index contributed by atoms with van der Waals surface area (Å²) in [5, 5.41) is 0. The fraction of sp³-hybridized carbons (Fsp3) is 0.500. The lowest BCUT2D eigenvalue weighted by molar-refractivity contribution is 0.0936. The minimum Gasteiger partial charge on any atom is -0.383 e. The van der Waals surface area contributed by atoms with Crippen molar-refractivity contribution in [3.63, 3.8) is 0 Å². The van der Waals surface area contributed by atoms with Crippen LogP contribution in [0.2, 0.25) is 0 Å². The highest BCUT2D eigenvalue weighted by molar-refractivity contribution is 5.41. The lowest BCUT2D eigenvalue weighted by atomic mass is 9.89. The maximum absolute atomic E-state index is 12.7. The number of anilines is 1. The van der Waals surface area contributed by atoms with Gasteiger partial charge in [-0.05, 0) is 12.0 Å². The molecule has 1 atom stereocenters. The number of halogens is 2. The number of pyridine rings is 1. The van der Waals surface area contributed by atoms with E-state index in [0.717, 1.165) is 0 Å². The molecule has 0 aliphatic heterocycles. The van der Waals surface area contributed by atoms with Crippen LogP contribution < -0.4 is 5.73 Å². The summed E-state index contributed by atoms with van der Waals surface area (Å²) in [5.41, 5.74) is 5.99. The van der Waals surface area contributed by atoms with Crippen LogP contribution in [0, 0.1) is 5.92 Å². The highest BCUT2D eigenvalue weighted by Gasteiger charge is 2.27. The smallest absolute Gasteiger partial charge is 0.245 e. The molecule has 0 aromatic carbocycles. The Bertz CT molecular complexity index is 292. The van der Waals surface area contributed by atoms with Gasteiger partial charge < -0.3 is 5.73 Å². The molecule has 1 aromatic heterocycles. The molecule has 0 saturated carbocycles. The van der Waals surface area contributed by atoms with E-state index in [1.807, 2.05) is 0 Å². The maximum atomic E-state index is 12.7. The third-order valence-electron chi connectivity index (χ3n) is 2.22. The van der Waals surface area contributed by atoms with Crippen molar-refractivity contribution in [1.29, 1.82) is 0 Å². The second-order valence-electron chi connectivity index (χ2n) is 3.58. The summed E-state index contributed by atoms with van der Waals surface area (Å²) in [6.07, 6.45) is -0.900. The minimum atomic E-state index is -2.40. The Hall–Kier alpha value is -1.19. The SMILES string of the molecule is CC(C)C(c1cccnc1N)C(F)F. The first-order chi connectivity index (χ1) is 6.54. The Kier molecular flexibility index (Phi) is 3.38. The van der Waals surface area contributed by atoms with Gasteiger partial charge in [0.15, 0.2) is 0 Å². The van der Waals surface area contributed by atoms with Gasteiger partial charge in [0.2, 0.25) is 6.43 Å². The number of hydrogen-bond donors (Lipinski definition) is 1. The first kappa shape index (κ1) is 10.9. The van der Waals surface area contributed by atoms with Crippen LogP contribution in [0.5, 0.6) is 0 Å². The molecule has 0 fully saturated rings. The van der Waals surface area contributed by atoms with Crippen LogP contribution >= 0.6 is 0 Å². The number of alkyl halides is 2. The molecule has 78 valence electrons. The Morgan fingerprint density at radius 3 is 2.43 bits per heavy atom. The van der Waals surface area contributed by atoms with E-state index in [1.54, 1.807) is 26.0 Å². The second-order valence-corrected chi connectivity index (χ2v) is 3.58. The highest BCUT2D eigenvalue weighted by atomic mass is 19.3. The lowest BCUT2D eigenvalue weighted by Gasteiger charge is -2.21. The van der Waals surface area contributed by atoms with E-state index in [-0.39, 0.29) is 11.7 Å². The molecule has 0 bridgehead atoms. The predicted molar refractivity (Wildman–Crippen MR) is 52.2 cm³/mol. The summed E-state index contributed by atoms with van der Waals surface area (Å²) >= 11 is 0. The Morgan fingerprint density at radius 2 is 2.00 bits per heavy atom. The van der Waals surface area contributed by atoms with Crippen LogP contribution in [-0.4, -0.2) is 11.4 Å². The number of nitrogen functional groups attached to an aromatic ring is 1. The van der Waals surface area contributed by atoms with Crippen molar-refractivity contribution in [3.05, 3.63) is 23.9 Å². The van der Waals surface area contributed by atoms with E-state index < -0.39 is 12.3 Å². The van der Waals surface area contributed by atoms with Gasteiger partial charge in [0, 0.05) is 11.8 Å². The van der Waals surface area contributed by atoms with Gasteiger partial charge in [-0.1, -0.05) is 19.9 Å². The van der Waals surface area contributed by atoms with Crippen molar-refractivity contribution in [3.8, 4) is 0 Å². The molecule has 0 spiro atoms. The lowest BCUT2D eigenvalue weighted by Crippen LogP contribution is -2.17. The van der Waals surface area contributed by atoms with E-state index in [2.05, 4.69) is 4.98 Å². The zero-order valence-corrected chi connectivity index (χ0v) is 8.24. The third kappa shape index (κ3) is 2.19. The van der Waals surface area contributed by atoms with Crippen LogP contribution in [0.15, 0.2) is 18.3 Å². The van der Waals surface area contributed by atoms with Crippen molar-refractivity contribution in [2.24, 2.45) is 5.92 Å². The summed E-state index contributed by atoms with van der Waals surface area (Å²) in [5.74, 6) is -0.781. The van der Waals surface area contributed by atoms with E-state index in [9.17, 15) is 8.78 Å². The van der Waals surface area contributed by atoms with Gasteiger partial charge in [-0.2, -0.15) is 0 Å². The summed E-state index contributed by atoms with van der Waals surface area (Å²) in [6.45, 7) is 3.51. The second kappa shape index (κ2) is 4.35. The average Bonchev–Trinajstić information content (AvgIpc) is 2.07. The zero-order valence-electron chi connectivity index (χ0n) is 8.24. The number of nitrogens with two attached hydrogens (primary N) is 1. The molecule has 0 saturated heterocycles. The fourth-order valence-corrected chi connectivity index (χ4v) is 1.50. The van der Waals surface area contributed by atoms with Gasteiger partial charge in [-0.25, -0.2) is 13.8 Å². The Balaban J connectivity index is 3.05. The van der Waals surface area contributed by atoms with Gasteiger partial charge >= 0.3 is 0 Å². The molecule has 1 heterocycles. The van der Waals surface area contributed by atoms with Crippen LogP contribution in [0.3, 0.4) is 0 Å². The number of hydrogen-bond acceptors (Lipinski definition) is 2. The summed E-state index contributed by atoms with van der Waals surface area (Å²) in [4.78, 5) is 3.81. The molecule has 1 unspecified atom stereocenters. The van der Waals surface area contributed by atoms with Crippen LogP contribution in [0.25, 0.3) is 0 Å². The van der Waals surface area contributed by atoms with Gasteiger partial charge in [0.25, 0.3) is 0 Å². The first-order valence-electron chi connectivity index (χ1n) is 4.52. The molecule has 1 aromatic rings. The third-order valence-corrected chi connectivity index (χ3v) is 2.22. The molecule has 14 heavy (non-hydrogen) atoms. The molecule has 0 aliphatic carbocycles. The fourth-order valence-electron chi connectivity index (χ4n) is 1.50. The monoisotopic (exact) mass is 200 g/mol. The summed E-state index contributed by atoms with van der Waals surface area (Å²) in [6, 6.07) is 3.24. The van der Waals surface area contributed by atoms with E-state index in [1.165, 1.54) is 6.20 Å². The average molecular weight is 200 g/mol. The van der Waals surface area contributed by atoms with Crippen molar-refractivity contribution in [1.82, 2.24) is 4.98 Å². The van der Waals surface area contributed by atoms with Gasteiger partial charge in [-0.15, -0.1) is 0 Å². The quantitative estimate of drug-likeness (QED) is 0.814. The van der Waals surface area contributed by atoms with Crippen molar-refractivity contribution >= 4 is 5.82 Å². The molecule has 4 heteroatoms. The van der Waals surface area contributed by atoms with Gasteiger partial charge in [-0.3, -0.25) is 0 Å². The highest BCUT2D eigenvalue weighted by Crippen LogP contribution is 2.32. The zero-order chi connectivity index (χ0) is 10.7. The van der Waals surface area contributed by atoms with E-state index >= 15 is 0 Å². The standard InChI is InChI=1S/C10H14F2N2/c1-6(2)8(9(11)12)7-4-3-5-14-10(7)13/h3-6,8-9H,1-2H3,(H2,13,14). The predicted octanol–water partition coefficient (Wildman–Crippen LogP) is 2.67. The van der Waals surface area contributed by atoms with Crippen LogP contribution in [0.1, 0.15) is 25.3 Å². The number of aromatic nitrogens is 1. The molecule has 2 nitrogen and oxygen atoms in total. The van der Waals surface area contributed by atoms with Gasteiger partial charge in [0.05, 0.1) is 5.92 Å². The number of rotatable bonds is 3. The normalized spacial score (nSPS) is 13.6. The maximum Gasteiger partial charge on any atom is 0.245 e. The molecular formula is C10H14F2N2. The largest absolute Gasteiger partial charge is 0.383 e. The summed E-state index contributed by atoms with van der Waals surface area (Å²) < 4.78 is 25.5.